The van der Waals surface area contributed by atoms with E-state index in [9.17, 15) is 0 Å². The zero-order chi connectivity index (χ0) is 41.4. The topological polar surface area (TPSA) is 48.5 Å². The van der Waals surface area contributed by atoms with Crippen LogP contribution in [0.2, 0.25) is 0 Å². The molecule has 0 aliphatic rings. The first-order chi connectivity index (χ1) is 31.3. The summed E-state index contributed by atoms with van der Waals surface area (Å²) in [5, 5.41) is 7.36. The van der Waals surface area contributed by atoms with Crippen molar-refractivity contribution < 1.29 is 0 Å². The SMILES string of the molecule is c1ccc(-c2nc(-c3ccccc3)nc(-c3ccc4c(c3)sc3c4ccc4c5cccc(-c6cccc7c8ccccc8n(-c8ccccc8)c67)c5n(-c5ccccc5)c43)n2)cc1. The van der Waals surface area contributed by atoms with Crippen LogP contribution >= 0.6 is 11.3 Å². The second-order valence-electron chi connectivity index (χ2n) is 16.0. The van der Waals surface area contributed by atoms with Gasteiger partial charge in [0.15, 0.2) is 17.5 Å². The van der Waals surface area contributed by atoms with Gasteiger partial charge in [0, 0.05) is 76.2 Å². The van der Waals surface area contributed by atoms with E-state index >= 15 is 0 Å². The summed E-state index contributed by atoms with van der Waals surface area (Å²) < 4.78 is 7.37. The summed E-state index contributed by atoms with van der Waals surface area (Å²) in [6.45, 7) is 0. The number of hydrogen-bond donors (Lipinski definition) is 0. The van der Waals surface area contributed by atoms with Gasteiger partial charge in [-0.25, -0.2) is 15.0 Å². The third-order valence-electron chi connectivity index (χ3n) is 12.4. The summed E-state index contributed by atoms with van der Waals surface area (Å²) in [7, 11) is 0. The van der Waals surface area contributed by atoms with Gasteiger partial charge in [-0.3, -0.25) is 0 Å². The Morgan fingerprint density at radius 2 is 0.778 bits per heavy atom. The Kier molecular flexibility index (Phi) is 8.01. The van der Waals surface area contributed by atoms with Crippen molar-refractivity contribution in [3.05, 3.63) is 212 Å². The minimum Gasteiger partial charge on any atom is -0.309 e. The quantitative estimate of drug-likeness (QED) is 0.168. The van der Waals surface area contributed by atoms with Crippen LogP contribution in [0.1, 0.15) is 0 Å². The molecule has 0 saturated carbocycles. The molecule has 63 heavy (non-hydrogen) atoms. The molecule has 4 heterocycles. The first kappa shape index (κ1) is 35.6. The van der Waals surface area contributed by atoms with E-state index in [2.05, 4.69) is 185 Å². The number of benzene rings is 9. The molecule has 294 valence electrons. The van der Waals surface area contributed by atoms with Gasteiger partial charge in [0.05, 0.1) is 26.8 Å². The molecule has 0 saturated heterocycles. The van der Waals surface area contributed by atoms with Crippen molar-refractivity contribution in [3.8, 4) is 56.7 Å². The van der Waals surface area contributed by atoms with E-state index in [1.54, 1.807) is 0 Å². The van der Waals surface area contributed by atoms with Crippen molar-refractivity contribution in [1.82, 2.24) is 24.1 Å². The smallest absolute Gasteiger partial charge is 0.164 e. The Hall–Kier alpha value is -8.19. The lowest BCUT2D eigenvalue weighted by Gasteiger charge is -2.15. The molecule has 0 bridgehead atoms. The molecule has 6 heteroatoms. The van der Waals surface area contributed by atoms with Gasteiger partial charge in [-0.15, -0.1) is 11.3 Å². The van der Waals surface area contributed by atoms with E-state index in [0.29, 0.717) is 17.5 Å². The molecular formula is C57H35N5S. The second-order valence-corrected chi connectivity index (χ2v) is 17.0. The van der Waals surface area contributed by atoms with E-state index in [1.165, 1.54) is 74.9 Å². The standard InChI is InChI=1S/C57H35N5S/c1-5-17-36(18-6-1)55-58-56(37-19-7-2-8-20-37)60-57(59-55)38-31-32-42-48-34-33-47-46-29-16-28-45(52(46)62(40-23-11-4-12-24-40)53(47)54(48)63-50(42)35-38)44-27-15-26-43-41-25-13-14-30-49(41)61(51(43)44)39-21-9-3-10-22-39/h1-35H. The van der Waals surface area contributed by atoms with Gasteiger partial charge in [-0.1, -0.05) is 176 Å². The molecule has 5 nitrogen and oxygen atoms in total. The van der Waals surface area contributed by atoms with E-state index in [4.69, 9.17) is 15.0 Å². The second kappa shape index (κ2) is 14.2. The molecule has 0 spiro atoms. The molecule has 0 aliphatic carbocycles. The van der Waals surface area contributed by atoms with Crippen LogP contribution in [0.5, 0.6) is 0 Å². The van der Waals surface area contributed by atoms with Crippen molar-refractivity contribution >= 4 is 75.1 Å². The maximum Gasteiger partial charge on any atom is 0.164 e. The molecule has 0 N–H and O–H groups in total. The van der Waals surface area contributed by atoms with Crippen LogP contribution in [-0.2, 0) is 0 Å². The van der Waals surface area contributed by atoms with Crippen molar-refractivity contribution in [3.63, 3.8) is 0 Å². The predicted octanol–water partition coefficient (Wildman–Crippen LogP) is 15.1. The van der Waals surface area contributed by atoms with Crippen LogP contribution in [0.15, 0.2) is 212 Å². The fourth-order valence-corrected chi connectivity index (χ4v) is 10.9. The molecule has 0 atom stereocenters. The largest absolute Gasteiger partial charge is 0.309 e. The van der Waals surface area contributed by atoms with E-state index in [-0.39, 0.29) is 0 Å². The van der Waals surface area contributed by atoms with Crippen LogP contribution in [0.3, 0.4) is 0 Å². The lowest BCUT2D eigenvalue weighted by molar-refractivity contribution is 1.07. The Labute approximate surface area is 366 Å². The van der Waals surface area contributed by atoms with E-state index in [0.717, 1.165) is 28.1 Å². The maximum absolute atomic E-state index is 5.07. The van der Waals surface area contributed by atoms with E-state index in [1.807, 2.05) is 47.7 Å². The third-order valence-corrected chi connectivity index (χ3v) is 13.5. The first-order valence-electron chi connectivity index (χ1n) is 21.2. The van der Waals surface area contributed by atoms with Gasteiger partial charge >= 0.3 is 0 Å². The van der Waals surface area contributed by atoms with Crippen molar-refractivity contribution in [2.24, 2.45) is 0 Å². The van der Waals surface area contributed by atoms with Gasteiger partial charge < -0.3 is 9.13 Å². The number of fused-ring (bicyclic) bond motifs is 10. The van der Waals surface area contributed by atoms with Crippen LogP contribution in [0.4, 0.5) is 0 Å². The van der Waals surface area contributed by atoms with Crippen molar-refractivity contribution in [1.29, 1.82) is 0 Å². The summed E-state index contributed by atoms with van der Waals surface area (Å²) in [6.07, 6.45) is 0. The normalized spacial score (nSPS) is 11.8. The molecule has 9 aromatic carbocycles. The Morgan fingerprint density at radius 3 is 1.41 bits per heavy atom. The summed E-state index contributed by atoms with van der Waals surface area (Å²) in [4.78, 5) is 15.1. The molecular weight excluding hydrogens is 787 g/mol. The van der Waals surface area contributed by atoms with Crippen molar-refractivity contribution in [2.45, 2.75) is 0 Å². The monoisotopic (exact) mass is 821 g/mol. The number of hydrogen-bond acceptors (Lipinski definition) is 4. The average molecular weight is 822 g/mol. The van der Waals surface area contributed by atoms with Crippen molar-refractivity contribution in [2.75, 3.05) is 0 Å². The lowest BCUT2D eigenvalue weighted by atomic mass is 9.99. The van der Waals surface area contributed by atoms with Gasteiger partial charge in [0.1, 0.15) is 0 Å². The molecule has 0 aliphatic heterocycles. The number of aromatic nitrogens is 5. The van der Waals surface area contributed by atoms with Crippen LogP contribution in [-0.4, -0.2) is 24.1 Å². The highest BCUT2D eigenvalue weighted by molar-refractivity contribution is 7.26. The number of rotatable bonds is 6. The van der Waals surface area contributed by atoms with Gasteiger partial charge in [0.25, 0.3) is 0 Å². The Bertz CT molecular complexity index is 3830. The molecule has 0 amide bonds. The summed E-state index contributed by atoms with van der Waals surface area (Å²) in [5.41, 5.74) is 12.3. The fraction of sp³-hybridized carbons (Fsp3) is 0. The molecule has 0 fully saturated rings. The van der Waals surface area contributed by atoms with Crippen LogP contribution in [0.25, 0.3) is 120 Å². The summed E-state index contributed by atoms with van der Waals surface area (Å²) >= 11 is 1.84. The summed E-state index contributed by atoms with van der Waals surface area (Å²) in [5.74, 6) is 1.96. The Morgan fingerprint density at radius 1 is 0.317 bits per heavy atom. The van der Waals surface area contributed by atoms with Gasteiger partial charge in [-0.05, 0) is 36.4 Å². The average Bonchev–Trinajstić information content (AvgIpc) is 4.03. The lowest BCUT2D eigenvalue weighted by Crippen LogP contribution is -1.99. The maximum atomic E-state index is 5.07. The molecule has 13 aromatic rings. The van der Waals surface area contributed by atoms with Gasteiger partial charge in [0.2, 0.25) is 0 Å². The molecule has 4 aromatic heterocycles. The molecule has 0 unspecified atom stereocenters. The van der Waals surface area contributed by atoms with Crippen LogP contribution in [0, 0.1) is 0 Å². The highest BCUT2D eigenvalue weighted by Crippen LogP contribution is 2.47. The number of nitrogens with zero attached hydrogens (tertiary/aromatic N) is 5. The highest BCUT2D eigenvalue weighted by atomic mass is 32.1. The Balaban J connectivity index is 1.07. The number of para-hydroxylation sites is 5. The zero-order valence-electron chi connectivity index (χ0n) is 33.9. The minimum atomic E-state index is 0.650. The number of thiophene rings is 1. The predicted molar refractivity (Wildman–Crippen MR) is 263 cm³/mol. The molecule has 13 rings (SSSR count). The van der Waals surface area contributed by atoms with Gasteiger partial charge in [-0.2, -0.15) is 0 Å². The first-order valence-corrected chi connectivity index (χ1v) is 22.0. The van der Waals surface area contributed by atoms with Crippen LogP contribution < -0.4 is 0 Å². The third kappa shape index (κ3) is 5.59. The fourth-order valence-electron chi connectivity index (χ4n) is 9.59. The summed E-state index contributed by atoms with van der Waals surface area (Å²) in [6, 6.07) is 75.6. The minimum absolute atomic E-state index is 0.650. The molecule has 0 radical (unpaired) electrons. The van der Waals surface area contributed by atoms with E-state index < -0.39 is 0 Å². The highest BCUT2D eigenvalue weighted by Gasteiger charge is 2.24. The zero-order valence-corrected chi connectivity index (χ0v) is 34.7.